The first-order valence-electron chi connectivity index (χ1n) is 22.0. The van der Waals surface area contributed by atoms with Gasteiger partial charge in [-0.2, -0.15) is 4.98 Å². The number of likely N-dealkylation sites (N-methyl/N-ethyl adjacent to an activating group) is 1. The molecule has 3 N–H and O–H groups in total. The van der Waals surface area contributed by atoms with Crippen LogP contribution in [0.25, 0.3) is 32.8 Å². The van der Waals surface area contributed by atoms with Gasteiger partial charge < -0.3 is 44.2 Å². The van der Waals surface area contributed by atoms with Crippen LogP contribution in [0.4, 0.5) is 16.2 Å². The van der Waals surface area contributed by atoms with Gasteiger partial charge in [0.2, 0.25) is 29.6 Å². The summed E-state index contributed by atoms with van der Waals surface area (Å²) in [5, 5.41) is 17.9. The molecule has 1 atom stereocenters. The standard InChI is InChI=1S/C48H50ClFN8O9/c1-3-40(61)56-14-16-57(17-15-56)45-36-27-37(49)42(35-26-31(59)24-29-6-4-5-7-33(29)35)43(50)44(36)53-48(54-45)51-13-12-41(62)55(2)18-19-65-20-21-66-22-23-67-32-8-9-34-30(25-32)28-58(47(34)64)38-10-11-39(60)52-46(38)63/h3-9,24-27,38,59H,1,10-23,28H2,2H3,(H,51,53,54)(H,52,60,63). The normalized spacial score (nSPS) is 16.1. The van der Waals surface area contributed by atoms with E-state index in [0.717, 1.165) is 5.56 Å². The summed E-state index contributed by atoms with van der Waals surface area (Å²) >= 11 is 6.86. The number of piperazine rings is 1. The van der Waals surface area contributed by atoms with Crippen molar-refractivity contribution in [3.8, 4) is 22.6 Å². The van der Waals surface area contributed by atoms with Gasteiger partial charge in [0.25, 0.3) is 5.91 Å². The summed E-state index contributed by atoms with van der Waals surface area (Å²) < 4.78 is 34.1. The maximum atomic E-state index is 16.9. The fraction of sp³-hybridized carbons (Fsp3) is 0.354. The van der Waals surface area contributed by atoms with Crippen LogP contribution < -0.4 is 20.3 Å². The van der Waals surface area contributed by atoms with Crippen LogP contribution in [0.5, 0.6) is 11.5 Å². The van der Waals surface area contributed by atoms with Crippen LogP contribution >= 0.6 is 11.6 Å². The third kappa shape index (κ3) is 10.4. The average Bonchev–Trinajstić information content (AvgIpc) is 3.64. The molecule has 5 aromatic rings. The van der Waals surface area contributed by atoms with Crippen LogP contribution in [-0.4, -0.2) is 145 Å². The number of hydrogen-bond acceptors (Lipinski definition) is 13. The zero-order valence-corrected chi connectivity index (χ0v) is 37.7. The van der Waals surface area contributed by atoms with Gasteiger partial charge in [-0.05, 0) is 70.8 Å². The predicted octanol–water partition coefficient (Wildman–Crippen LogP) is 4.92. The number of halogens is 2. The predicted molar refractivity (Wildman–Crippen MR) is 248 cm³/mol. The Morgan fingerprint density at radius 1 is 0.970 bits per heavy atom. The monoisotopic (exact) mass is 936 g/mol. The van der Waals surface area contributed by atoms with Crippen LogP contribution in [0.15, 0.2) is 73.3 Å². The van der Waals surface area contributed by atoms with Crippen molar-refractivity contribution in [2.75, 3.05) is 89.6 Å². The number of anilines is 2. The van der Waals surface area contributed by atoms with Gasteiger partial charge in [-0.3, -0.25) is 29.3 Å². The van der Waals surface area contributed by atoms with Gasteiger partial charge >= 0.3 is 0 Å². The maximum Gasteiger partial charge on any atom is 0.255 e. The Bertz CT molecular complexity index is 2750. The first kappa shape index (κ1) is 46.6. The number of nitrogens with one attached hydrogen (secondary N) is 2. The lowest BCUT2D eigenvalue weighted by molar-refractivity contribution is -0.137. The van der Waals surface area contributed by atoms with E-state index in [1.807, 2.05) is 29.2 Å². The van der Waals surface area contributed by atoms with E-state index in [4.69, 9.17) is 30.8 Å². The van der Waals surface area contributed by atoms with Gasteiger partial charge in [0, 0.05) is 82.2 Å². The van der Waals surface area contributed by atoms with Crippen LogP contribution in [0.3, 0.4) is 0 Å². The number of carbonyl (C=O) groups is 5. The topological polar surface area (TPSA) is 196 Å². The van der Waals surface area contributed by atoms with Crippen molar-refractivity contribution < 1.29 is 47.7 Å². The molecular weight excluding hydrogens is 887 g/mol. The number of phenolic OH excluding ortho intramolecular Hbond substituents is 1. The number of hydrogen-bond donors (Lipinski definition) is 3. The second-order valence-electron chi connectivity index (χ2n) is 16.3. The molecule has 3 aliphatic rings. The molecule has 350 valence electrons. The van der Waals surface area contributed by atoms with Crippen LogP contribution in [0, 0.1) is 5.82 Å². The van der Waals surface area contributed by atoms with Gasteiger partial charge in [-0.15, -0.1) is 0 Å². The average molecular weight is 937 g/mol. The fourth-order valence-electron chi connectivity index (χ4n) is 8.50. The Balaban J connectivity index is 0.809. The third-order valence-electron chi connectivity index (χ3n) is 12.0. The van der Waals surface area contributed by atoms with E-state index in [9.17, 15) is 29.1 Å². The number of carbonyl (C=O) groups excluding carboxylic acids is 5. The van der Waals surface area contributed by atoms with Gasteiger partial charge in [-0.1, -0.05) is 42.4 Å². The second-order valence-corrected chi connectivity index (χ2v) is 16.7. The SMILES string of the molecule is C=CC(=O)N1CCN(c2nc(NCCC(=O)N(C)CCOCCOCCOc3ccc4c(c3)CN(C3CCC(=O)NC3=O)C4=O)nc3c(F)c(-c4cc(O)cc5ccccc45)c(Cl)cc23)CC1. The lowest BCUT2D eigenvalue weighted by Crippen LogP contribution is -2.52. The lowest BCUT2D eigenvalue weighted by Gasteiger charge is -2.35. The molecule has 8 rings (SSSR count). The number of benzene rings is 4. The number of rotatable bonds is 18. The number of fused-ring (bicyclic) bond motifs is 3. The van der Waals surface area contributed by atoms with Gasteiger partial charge in [-0.25, -0.2) is 9.37 Å². The molecule has 0 radical (unpaired) electrons. The van der Waals surface area contributed by atoms with Crippen molar-refractivity contribution in [3.63, 3.8) is 0 Å². The Kier molecular flexibility index (Phi) is 14.4. The highest BCUT2D eigenvalue weighted by molar-refractivity contribution is 6.35. The van der Waals surface area contributed by atoms with E-state index in [1.165, 1.54) is 17.0 Å². The number of amides is 5. The van der Waals surface area contributed by atoms with Crippen LogP contribution in [0.1, 0.15) is 35.2 Å². The molecule has 1 aromatic heterocycles. The summed E-state index contributed by atoms with van der Waals surface area (Å²) in [6, 6.07) is 16.5. The van der Waals surface area contributed by atoms with Crippen molar-refractivity contribution in [2.24, 2.45) is 0 Å². The molecule has 0 spiro atoms. The second kappa shape index (κ2) is 20.7. The quantitative estimate of drug-likeness (QED) is 0.0610. The number of piperidine rings is 1. The highest BCUT2D eigenvalue weighted by Crippen LogP contribution is 2.42. The van der Waals surface area contributed by atoms with Gasteiger partial charge in [0.15, 0.2) is 5.82 Å². The molecule has 0 bridgehead atoms. The molecule has 17 nitrogen and oxygen atoms in total. The van der Waals surface area contributed by atoms with E-state index in [0.29, 0.717) is 97.8 Å². The van der Waals surface area contributed by atoms with Crippen LogP contribution in [0.2, 0.25) is 5.02 Å². The van der Waals surface area contributed by atoms with Crippen molar-refractivity contribution >= 4 is 74.6 Å². The molecule has 5 amide bonds. The van der Waals surface area contributed by atoms with Crippen molar-refractivity contribution in [1.82, 2.24) is 30.0 Å². The van der Waals surface area contributed by atoms with E-state index in [2.05, 4.69) is 22.2 Å². The summed E-state index contributed by atoms with van der Waals surface area (Å²) in [6.07, 6.45) is 1.84. The Morgan fingerprint density at radius 2 is 1.73 bits per heavy atom. The first-order chi connectivity index (χ1) is 32.4. The van der Waals surface area contributed by atoms with E-state index in [1.54, 1.807) is 47.2 Å². The molecule has 0 saturated carbocycles. The summed E-state index contributed by atoms with van der Waals surface area (Å²) in [5.41, 5.74) is 1.73. The number of ether oxygens (including phenoxy) is 3. The molecule has 4 aromatic carbocycles. The minimum absolute atomic E-state index is 0.000399. The number of aromatic nitrogens is 2. The molecular formula is C48H50ClFN8O9. The maximum absolute atomic E-state index is 16.9. The molecule has 2 saturated heterocycles. The third-order valence-corrected chi connectivity index (χ3v) is 12.3. The smallest absolute Gasteiger partial charge is 0.255 e. The van der Waals surface area contributed by atoms with E-state index >= 15 is 4.39 Å². The number of nitrogens with zero attached hydrogens (tertiary/aromatic N) is 6. The van der Waals surface area contributed by atoms with Gasteiger partial charge in [0.05, 0.1) is 31.5 Å². The number of aromatic hydroxyl groups is 1. The van der Waals surface area contributed by atoms with Gasteiger partial charge in [0.1, 0.15) is 35.5 Å². The number of phenols is 1. The molecule has 1 unspecified atom stereocenters. The summed E-state index contributed by atoms with van der Waals surface area (Å²) in [4.78, 5) is 78.3. The zero-order chi connectivity index (χ0) is 47.2. The lowest BCUT2D eigenvalue weighted by atomic mass is 9.96. The fourth-order valence-corrected chi connectivity index (χ4v) is 8.79. The minimum atomic E-state index is -0.697. The summed E-state index contributed by atoms with van der Waals surface area (Å²) in [5.74, 6) is -1.04. The largest absolute Gasteiger partial charge is 0.508 e. The van der Waals surface area contributed by atoms with Crippen molar-refractivity contribution in [1.29, 1.82) is 0 Å². The highest BCUT2D eigenvalue weighted by atomic mass is 35.5. The molecule has 67 heavy (non-hydrogen) atoms. The Hall–Kier alpha value is -6.89. The van der Waals surface area contributed by atoms with Crippen molar-refractivity contribution in [3.05, 3.63) is 95.3 Å². The molecule has 0 aliphatic carbocycles. The zero-order valence-electron chi connectivity index (χ0n) is 36.9. The number of imide groups is 1. The first-order valence-corrected chi connectivity index (χ1v) is 22.4. The molecule has 4 heterocycles. The minimum Gasteiger partial charge on any atom is -0.508 e. The van der Waals surface area contributed by atoms with E-state index < -0.39 is 17.8 Å². The summed E-state index contributed by atoms with van der Waals surface area (Å²) in [6.45, 7) is 7.38. The molecule has 19 heteroatoms. The van der Waals surface area contributed by atoms with Crippen LogP contribution in [-0.2, 0) is 35.2 Å². The summed E-state index contributed by atoms with van der Waals surface area (Å²) in [7, 11) is 1.67. The van der Waals surface area contributed by atoms with E-state index in [-0.39, 0.29) is 90.6 Å². The molecule has 3 aliphatic heterocycles. The highest BCUT2D eigenvalue weighted by Gasteiger charge is 2.39. The Morgan fingerprint density at radius 3 is 2.51 bits per heavy atom. The Labute approximate surface area is 390 Å². The molecule has 2 fully saturated rings. The van der Waals surface area contributed by atoms with Crippen molar-refractivity contribution in [2.45, 2.75) is 31.8 Å².